The number of carbonyl (C=O) groups excluding carboxylic acids is 2. The Morgan fingerprint density at radius 2 is 2.13 bits per heavy atom. The van der Waals surface area contributed by atoms with Gasteiger partial charge in [-0.3, -0.25) is 9.59 Å². The highest BCUT2D eigenvalue weighted by Gasteiger charge is 2.44. The Balaban J connectivity index is 2.47. The fourth-order valence-corrected chi connectivity index (χ4v) is 2.15. The first-order valence-electron chi connectivity index (χ1n) is 4.53. The SMILES string of the molecule is O=C(Cl)CC1(F)CC(=O)c2ccccc21. The lowest BCUT2D eigenvalue weighted by Gasteiger charge is -2.17. The van der Waals surface area contributed by atoms with Gasteiger partial charge in [0.15, 0.2) is 11.5 Å². The molecule has 1 aliphatic carbocycles. The van der Waals surface area contributed by atoms with Gasteiger partial charge in [0.25, 0.3) is 0 Å². The average molecular weight is 227 g/mol. The minimum atomic E-state index is -1.91. The Morgan fingerprint density at radius 1 is 1.47 bits per heavy atom. The number of hydrogen-bond donors (Lipinski definition) is 0. The van der Waals surface area contributed by atoms with Crippen molar-refractivity contribution in [3.05, 3.63) is 35.4 Å². The number of rotatable bonds is 2. The number of ketones is 1. The van der Waals surface area contributed by atoms with Crippen molar-refractivity contribution >= 4 is 22.6 Å². The minimum Gasteiger partial charge on any atom is -0.294 e. The number of Topliss-reactive ketones (excluding diaryl/α,β-unsaturated/α-hetero) is 1. The van der Waals surface area contributed by atoms with Crippen LogP contribution >= 0.6 is 11.6 Å². The van der Waals surface area contributed by atoms with E-state index < -0.39 is 17.3 Å². The summed E-state index contributed by atoms with van der Waals surface area (Å²) in [5, 5.41) is -0.762. The molecule has 0 aliphatic heterocycles. The topological polar surface area (TPSA) is 34.1 Å². The third kappa shape index (κ3) is 1.67. The monoisotopic (exact) mass is 226 g/mol. The maximum absolute atomic E-state index is 14.3. The van der Waals surface area contributed by atoms with Crippen molar-refractivity contribution in [3.8, 4) is 0 Å². The van der Waals surface area contributed by atoms with Crippen LogP contribution in [-0.4, -0.2) is 11.0 Å². The Morgan fingerprint density at radius 3 is 2.80 bits per heavy atom. The van der Waals surface area contributed by atoms with Crippen LogP contribution in [0.1, 0.15) is 28.8 Å². The summed E-state index contributed by atoms with van der Waals surface area (Å²) in [6.07, 6.45) is -0.734. The number of carbonyl (C=O) groups is 2. The maximum Gasteiger partial charge on any atom is 0.225 e. The lowest BCUT2D eigenvalue weighted by atomic mass is 9.95. The van der Waals surface area contributed by atoms with Crippen molar-refractivity contribution in [2.24, 2.45) is 0 Å². The van der Waals surface area contributed by atoms with E-state index in [1.165, 1.54) is 6.07 Å². The zero-order chi connectivity index (χ0) is 11.1. The molecule has 1 aliphatic rings. The van der Waals surface area contributed by atoms with E-state index in [4.69, 9.17) is 11.6 Å². The van der Waals surface area contributed by atoms with Crippen molar-refractivity contribution < 1.29 is 14.0 Å². The molecule has 2 nitrogen and oxygen atoms in total. The molecule has 1 unspecified atom stereocenters. The van der Waals surface area contributed by atoms with E-state index in [2.05, 4.69) is 0 Å². The van der Waals surface area contributed by atoms with E-state index in [1.54, 1.807) is 18.2 Å². The molecule has 2 rings (SSSR count). The Kier molecular flexibility index (Phi) is 2.35. The zero-order valence-electron chi connectivity index (χ0n) is 7.80. The van der Waals surface area contributed by atoms with Crippen molar-refractivity contribution in [2.45, 2.75) is 18.5 Å². The van der Waals surface area contributed by atoms with Gasteiger partial charge in [0.2, 0.25) is 5.24 Å². The summed E-state index contributed by atoms with van der Waals surface area (Å²) in [4.78, 5) is 22.2. The van der Waals surface area contributed by atoms with Crippen LogP contribution in [0.25, 0.3) is 0 Å². The van der Waals surface area contributed by atoms with Gasteiger partial charge in [0.05, 0.1) is 6.42 Å². The number of benzene rings is 1. The highest BCUT2D eigenvalue weighted by molar-refractivity contribution is 6.63. The molecule has 1 aromatic rings. The van der Waals surface area contributed by atoms with Crippen molar-refractivity contribution in [3.63, 3.8) is 0 Å². The minimum absolute atomic E-state index is 0.272. The van der Waals surface area contributed by atoms with E-state index in [0.717, 1.165) is 0 Å². The average Bonchev–Trinajstić information content (AvgIpc) is 2.39. The van der Waals surface area contributed by atoms with Crippen LogP contribution in [0.4, 0.5) is 4.39 Å². The highest BCUT2D eigenvalue weighted by atomic mass is 35.5. The van der Waals surface area contributed by atoms with Gasteiger partial charge in [-0.2, -0.15) is 0 Å². The van der Waals surface area contributed by atoms with Crippen molar-refractivity contribution in [1.29, 1.82) is 0 Å². The summed E-state index contributed by atoms with van der Waals surface area (Å²) in [6, 6.07) is 6.41. The molecule has 0 fully saturated rings. The second kappa shape index (κ2) is 3.42. The second-order valence-electron chi connectivity index (χ2n) is 3.64. The third-order valence-electron chi connectivity index (χ3n) is 2.57. The molecular weight excluding hydrogens is 219 g/mol. The molecule has 0 amide bonds. The van der Waals surface area contributed by atoms with Gasteiger partial charge in [-0.1, -0.05) is 24.3 Å². The predicted molar refractivity (Wildman–Crippen MR) is 53.7 cm³/mol. The molecule has 4 heteroatoms. The van der Waals surface area contributed by atoms with Gasteiger partial charge in [-0.15, -0.1) is 0 Å². The molecule has 0 radical (unpaired) electrons. The first-order valence-corrected chi connectivity index (χ1v) is 4.91. The molecular formula is C11H8ClFO2. The number of alkyl halides is 1. The lowest BCUT2D eigenvalue weighted by molar-refractivity contribution is -0.114. The summed E-state index contributed by atoms with van der Waals surface area (Å²) >= 11 is 5.17. The summed E-state index contributed by atoms with van der Waals surface area (Å²) < 4.78 is 14.3. The van der Waals surface area contributed by atoms with Crippen LogP contribution in [0.15, 0.2) is 24.3 Å². The fourth-order valence-electron chi connectivity index (χ4n) is 1.94. The standard InChI is InChI=1S/C11H8ClFO2/c12-10(15)6-11(13)5-9(14)7-3-1-2-4-8(7)11/h1-4H,5-6H2. The van der Waals surface area contributed by atoms with E-state index >= 15 is 0 Å². The van der Waals surface area contributed by atoms with Gasteiger partial charge in [0, 0.05) is 17.5 Å². The summed E-state index contributed by atoms with van der Waals surface area (Å²) in [5.41, 5.74) is -1.27. The normalized spacial score (nSPS) is 24.0. The van der Waals surface area contributed by atoms with E-state index in [-0.39, 0.29) is 17.8 Å². The second-order valence-corrected chi connectivity index (χ2v) is 4.06. The molecule has 1 aromatic carbocycles. The zero-order valence-corrected chi connectivity index (χ0v) is 8.55. The van der Waals surface area contributed by atoms with E-state index in [9.17, 15) is 14.0 Å². The molecule has 0 bridgehead atoms. The first-order chi connectivity index (χ1) is 7.03. The number of hydrogen-bond acceptors (Lipinski definition) is 2. The Labute approximate surface area is 91.0 Å². The molecule has 1 atom stereocenters. The molecule has 15 heavy (non-hydrogen) atoms. The van der Waals surface area contributed by atoms with Gasteiger partial charge in [0.1, 0.15) is 0 Å². The smallest absolute Gasteiger partial charge is 0.225 e. The van der Waals surface area contributed by atoms with Crippen LogP contribution in [0.3, 0.4) is 0 Å². The lowest BCUT2D eigenvalue weighted by Crippen LogP contribution is -2.19. The first kappa shape index (κ1) is 10.3. The van der Waals surface area contributed by atoms with E-state index in [1.807, 2.05) is 0 Å². The predicted octanol–water partition coefficient (Wildman–Crippen LogP) is 2.59. The molecule has 78 valence electrons. The number of fused-ring (bicyclic) bond motifs is 1. The quantitative estimate of drug-likeness (QED) is 0.727. The fraction of sp³-hybridized carbons (Fsp3) is 0.273. The van der Waals surface area contributed by atoms with Gasteiger partial charge in [-0.25, -0.2) is 4.39 Å². The van der Waals surface area contributed by atoms with Crippen LogP contribution in [0.5, 0.6) is 0 Å². The van der Waals surface area contributed by atoms with Gasteiger partial charge >= 0.3 is 0 Å². The molecule has 0 heterocycles. The summed E-state index contributed by atoms with van der Waals surface area (Å²) in [7, 11) is 0. The van der Waals surface area contributed by atoms with Gasteiger partial charge in [-0.05, 0) is 11.6 Å². The molecule has 0 saturated carbocycles. The molecule has 0 aromatic heterocycles. The summed E-state index contributed by atoms with van der Waals surface area (Å²) in [5.74, 6) is -0.272. The maximum atomic E-state index is 14.3. The Hall–Kier alpha value is -1.22. The number of halogens is 2. The van der Waals surface area contributed by atoms with Crippen LogP contribution < -0.4 is 0 Å². The van der Waals surface area contributed by atoms with Crippen molar-refractivity contribution in [1.82, 2.24) is 0 Å². The third-order valence-corrected chi connectivity index (χ3v) is 2.70. The van der Waals surface area contributed by atoms with Gasteiger partial charge < -0.3 is 0 Å². The molecule has 0 N–H and O–H groups in total. The van der Waals surface area contributed by atoms with Crippen molar-refractivity contribution in [2.75, 3.05) is 0 Å². The molecule has 0 saturated heterocycles. The van der Waals surface area contributed by atoms with E-state index in [0.29, 0.717) is 5.56 Å². The summed E-state index contributed by atoms with van der Waals surface area (Å²) in [6.45, 7) is 0. The van der Waals surface area contributed by atoms with Crippen LogP contribution in [0, 0.1) is 0 Å². The largest absolute Gasteiger partial charge is 0.294 e. The molecule has 0 spiro atoms. The Bertz CT molecular complexity index is 440. The highest BCUT2D eigenvalue weighted by Crippen LogP contribution is 2.43. The van der Waals surface area contributed by atoms with Crippen LogP contribution in [-0.2, 0) is 10.5 Å². The van der Waals surface area contributed by atoms with Crippen LogP contribution in [0.2, 0.25) is 0 Å².